The summed E-state index contributed by atoms with van der Waals surface area (Å²) in [6, 6.07) is 9.01. The lowest BCUT2D eigenvalue weighted by Gasteiger charge is -2.39. The summed E-state index contributed by atoms with van der Waals surface area (Å²) in [4.78, 5) is 0. The molecule has 0 aliphatic heterocycles. The van der Waals surface area contributed by atoms with Gasteiger partial charge in [-0.1, -0.05) is 74.6 Å². The lowest BCUT2D eigenvalue weighted by molar-refractivity contribution is -0.0206. The van der Waals surface area contributed by atoms with Crippen molar-refractivity contribution in [3.8, 4) is 0 Å². The molecule has 1 aromatic rings. The Morgan fingerprint density at radius 3 is 2.23 bits per heavy atom. The van der Waals surface area contributed by atoms with Gasteiger partial charge >= 0.3 is 0 Å². The third kappa shape index (κ3) is 5.97. The van der Waals surface area contributed by atoms with E-state index in [4.69, 9.17) is 8.85 Å². The van der Waals surface area contributed by atoms with E-state index in [1.807, 2.05) is 6.07 Å². The number of rotatable bonds is 7. The summed E-state index contributed by atoms with van der Waals surface area (Å²) in [6.45, 7) is 2.16. The van der Waals surface area contributed by atoms with E-state index in [1.54, 1.807) is 24.3 Å². The predicted octanol–water partition coefficient (Wildman–Crippen LogP) is 7.99. The van der Waals surface area contributed by atoms with Crippen molar-refractivity contribution in [2.24, 2.45) is 23.7 Å². The zero-order valence-corrected chi connectivity index (χ0v) is 18.9. The van der Waals surface area contributed by atoms with Crippen molar-refractivity contribution >= 4 is 0 Å². The quantitative estimate of drug-likeness (QED) is 0.396. The number of hydrogen-bond donors (Lipinski definition) is 0. The lowest BCUT2D eigenvalue weighted by Crippen LogP contribution is -2.37. The van der Waals surface area contributed by atoms with Crippen LogP contribution in [0.15, 0.2) is 42.0 Å². The highest BCUT2D eigenvalue weighted by atomic mass is 19.2. The Bertz CT molecular complexity index is 827. The molecule has 0 saturated heterocycles. The van der Waals surface area contributed by atoms with E-state index in [-0.39, 0.29) is 12.5 Å². The van der Waals surface area contributed by atoms with Gasteiger partial charge in [0.2, 0.25) is 0 Å². The van der Waals surface area contributed by atoms with Crippen LogP contribution in [0.3, 0.4) is 0 Å². The summed E-state index contributed by atoms with van der Waals surface area (Å²) >= 11 is 0. The molecule has 0 bridgehead atoms. The monoisotopic (exact) mass is 433 g/mol. The molecule has 2 fully saturated rings. The highest BCUT2D eigenvalue weighted by Gasteiger charge is 2.38. The van der Waals surface area contributed by atoms with Crippen molar-refractivity contribution < 1.29 is 17.6 Å². The normalized spacial score (nSPS) is 45.3. The van der Waals surface area contributed by atoms with E-state index in [2.05, 4.69) is 6.92 Å². The Labute approximate surface area is 191 Å². The van der Waals surface area contributed by atoms with Crippen LogP contribution in [0.1, 0.15) is 87.2 Å². The minimum absolute atomic E-state index is 0.0364. The van der Waals surface area contributed by atoms with E-state index in [0.29, 0.717) is 17.1 Å². The highest BCUT2D eigenvalue weighted by molar-refractivity contribution is 5.19. The number of benzene rings is 1. The van der Waals surface area contributed by atoms with Crippen LogP contribution < -0.4 is 0 Å². The molecule has 3 unspecified atom stereocenters. The van der Waals surface area contributed by atoms with Gasteiger partial charge in [0.05, 0.1) is 10.7 Å². The molecular weight excluding hydrogens is 390 g/mol. The minimum Gasteiger partial charge on any atom is -0.366 e. The fourth-order valence-electron chi connectivity index (χ4n) is 6.09. The molecule has 0 amide bonds. The zero-order valence-electron chi connectivity index (χ0n) is 21.9. The van der Waals surface area contributed by atoms with E-state index in [9.17, 15) is 0 Å². The molecule has 0 N–H and O–H groups in total. The Kier molecular flexibility index (Phi) is 6.88. The topological polar surface area (TPSA) is 9.23 Å². The third-order valence-electron chi connectivity index (χ3n) is 7.92. The van der Waals surface area contributed by atoms with Crippen LogP contribution >= 0.6 is 0 Å². The second-order valence-corrected chi connectivity index (χ2v) is 9.93. The van der Waals surface area contributed by atoms with Gasteiger partial charge in [-0.15, -0.1) is 0 Å². The van der Waals surface area contributed by atoms with Crippen LogP contribution in [0.2, 0.25) is 0 Å². The average molecular weight is 434 g/mol. The molecule has 172 valence electrons. The SMILES string of the molecule is [2H]C1(F)CC(C2CCC(C3CCC(CCC)CC3)CC2)=CC([2H])(OCc2ccccc2)C1([2H])F. The molecule has 1 aromatic carbocycles. The summed E-state index contributed by atoms with van der Waals surface area (Å²) in [5.74, 6) is 2.41. The van der Waals surface area contributed by atoms with Gasteiger partial charge in [-0.2, -0.15) is 0 Å². The van der Waals surface area contributed by atoms with E-state index < -0.39 is 24.8 Å². The molecule has 3 heteroatoms. The van der Waals surface area contributed by atoms with E-state index in [0.717, 1.165) is 37.5 Å². The Hall–Kier alpha value is -1.22. The minimum atomic E-state index is -3.51. The molecule has 0 heterocycles. The summed E-state index contributed by atoms with van der Waals surface area (Å²) in [6.07, 6.45) is 3.43. The smallest absolute Gasteiger partial charge is 0.161 e. The van der Waals surface area contributed by atoms with Crippen molar-refractivity contribution in [1.29, 1.82) is 0 Å². The van der Waals surface area contributed by atoms with Crippen LogP contribution in [0.25, 0.3) is 0 Å². The van der Waals surface area contributed by atoms with Gasteiger partial charge in [-0.05, 0) is 67.8 Å². The van der Waals surface area contributed by atoms with Crippen molar-refractivity contribution in [2.45, 2.75) is 103 Å². The van der Waals surface area contributed by atoms with Crippen LogP contribution in [-0.2, 0) is 11.3 Å². The van der Waals surface area contributed by atoms with E-state index >= 15 is 8.78 Å². The maximum absolute atomic E-state index is 15.3. The molecule has 3 aliphatic rings. The van der Waals surface area contributed by atoms with Gasteiger partial charge in [-0.3, -0.25) is 0 Å². The van der Waals surface area contributed by atoms with Crippen LogP contribution in [0.5, 0.6) is 0 Å². The number of hydrogen-bond acceptors (Lipinski definition) is 1. The molecule has 0 aromatic heterocycles. The van der Waals surface area contributed by atoms with Gasteiger partial charge in [0.1, 0.15) is 12.2 Å². The Balaban J connectivity index is 1.42. The third-order valence-corrected chi connectivity index (χ3v) is 7.92. The van der Waals surface area contributed by atoms with Crippen molar-refractivity contribution in [3.05, 3.63) is 47.5 Å². The van der Waals surface area contributed by atoms with Gasteiger partial charge in [0.25, 0.3) is 0 Å². The molecular formula is C28H40F2O. The van der Waals surface area contributed by atoms with Crippen LogP contribution in [0, 0.1) is 23.7 Å². The molecule has 3 atom stereocenters. The van der Waals surface area contributed by atoms with Crippen molar-refractivity contribution in [2.75, 3.05) is 0 Å². The fourth-order valence-corrected chi connectivity index (χ4v) is 6.09. The number of allylic oxidation sites excluding steroid dienone is 1. The summed E-state index contributed by atoms with van der Waals surface area (Å²) in [5, 5.41) is 0. The van der Waals surface area contributed by atoms with E-state index in [1.165, 1.54) is 44.6 Å². The Morgan fingerprint density at radius 1 is 0.935 bits per heavy atom. The summed E-state index contributed by atoms with van der Waals surface area (Å²) in [7, 11) is 0. The number of ether oxygens (including phenoxy) is 1. The van der Waals surface area contributed by atoms with Gasteiger partial charge in [0.15, 0.2) is 6.15 Å². The molecule has 0 spiro atoms. The molecule has 0 radical (unpaired) electrons. The number of halogens is 2. The largest absolute Gasteiger partial charge is 0.366 e. The van der Waals surface area contributed by atoms with Crippen LogP contribution in [-0.4, -0.2) is 18.4 Å². The zero-order chi connectivity index (χ0) is 24.4. The maximum atomic E-state index is 15.3. The summed E-state index contributed by atoms with van der Waals surface area (Å²) < 4.78 is 60.6. The average Bonchev–Trinajstić information content (AvgIpc) is 2.83. The first-order valence-corrected chi connectivity index (χ1v) is 12.4. The first kappa shape index (κ1) is 19.3. The molecule has 2 saturated carbocycles. The standard InChI is InChI=1S/C28H40F2O/c1-2-6-20-9-11-22(12-10-20)23-13-15-24(16-14-23)25-17-26(29)28(30)27(18-25)31-19-21-7-4-3-5-8-21/h3-5,7-8,18,20,22-24,26-28H,2,6,9-17,19H2,1H3/i26D,27D,28D. The molecule has 3 aliphatic carbocycles. The van der Waals surface area contributed by atoms with Crippen LogP contribution in [0.4, 0.5) is 8.78 Å². The van der Waals surface area contributed by atoms with Gasteiger partial charge < -0.3 is 4.74 Å². The molecule has 1 nitrogen and oxygen atoms in total. The highest BCUT2D eigenvalue weighted by Crippen LogP contribution is 2.45. The van der Waals surface area contributed by atoms with Gasteiger partial charge in [0, 0.05) is 6.42 Å². The number of alkyl halides is 2. The predicted molar refractivity (Wildman–Crippen MR) is 123 cm³/mol. The first-order valence-electron chi connectivity index (χ1n) is 13.9. The second kappa shape index (κ2) is 11.1. The molecule has 4 rings (SSSR count). The Morgan fingerprint density at radius 2 is 1.58 bits per heavy atom. The van der Waals surface area contributed by atoms with Crippen molar-refractivity contribution in [3.63, 3.8) is 0 Å². The fraction of sp³-hybridized carbons (Fsp3) is 0.714. The molecule has 31 heavy (non-hydrogen) atoms. The second-order valence-electron chi connectivity index (χ2n) is 9.93. The summed E-state index contributed by atoms with van der Waals surface area (Å²) in [5.41, 5.74) is 1.31. The maximum Gasteiger partial charge on any atom is 0.161 e. The first-order chi connectivity index (χ1) is 16.1. The van der Waals surface area contributed by atoms with Crippen molar-refractivity contribution in [1.82, 2.24) is 0 Å². The van der Waals surface area contributed by atoms with Gasteiger partial charge in [-0.25, -0.2) is 8.78 Å². The lowest BCUT2D eigenvalue weighted by atomic mass is 9.67.